The fraction of sp³-hybridized carbons (Fsp3) is 0.333. The Morgan fingerprint density at radius 1 is 1.29 bits per heavy atom. The minimum absolute atomic E-state index is 0.203. The van der Waals surface area contributed by atoms with Crippen molar-refractivity contribution in [1.29, 1.82) is 0 Å². The molecule has 1 aliphatic carbocycles. The lowest BCUT2D eigenvalue weighted by Crippen LogP contribution is -2.15. The van der Waals surface area contributed by atoms with Gasteiger partial charge in [0.15, 0.2) is 6.61 Å². The van der Waals surface area contributed by atoms with Crippen LogP contribution in [0.1, 0.15) is 51.0 Å². The Hall–Kier alpha value is -2.27. The van der Waals surface area contributed by atoms with Crippen molar-refractivity contribution < 1.29 is 14.3 Å². The third-order valence-corrected chi connectivity index (χ3v) is 4.61. The maximum Gasteiger partial charge on any atom is 0.338 e. The van der Waals surface area contributed by atoms with Gasteiger partial charge in [0.25, 0.3) is 0 Å². The third-order valence-electron chi connectivity index (χ3n) is 4.26. The van der Waals surface area contributed by atoms with Gasteiger partial charge in [0.2, 0.25) is 5.78 Å². The van der Waals surface area contributed by atoms with Crippen molar-refractivity contribution in [1.82, 2.24) is 4.57 Å². The number of rotatable bonds is 5. The molecule has 24 heavy (non-hydrogen) atoms. The number of hydrogen-bond donors (Lipinski definition) is 1. The van der Waals surface area contributed by atoms with Crippen LogP contribution in [-0.4, -0.2) is 22.9 Å². The molecule has 2 aromatic rings. The summed E-state index contributed by atoms with van der Waals surface area (Å²) in [5.74, 6) is -0.798. The summed E-state index contributed by atoms with van der Waals surface area (Å²) in [6.45, 7) is 3.63. The largest absolute Gasteiger partial charge is 0.454 e. The number of anilines is 1. The molecular weight excluding hydrogens is 328 g/mol. The molecule has 0 unspecified atom stereocenters. The molecule has 0 saturated heterocycles. The zero-order valence-electron chi connectivity index (χ0n) is 13.6. The zero-order valence-corrected chi connectivity index (χ0v) is 14.4. The van der Waals surface area contributed by atoms with Gasteiger partial charge in [0.1, 0.15) is 0 Å². The standard InChI is InChI=1S/C18H19ClN2O3/c1-10-7-14(11(2)21(10)13-4-5-13)17(22)9-24-18(23)12-3-6-15(19)16(20)8-12/h3,6-8,13H,4-5,9,20H2,1-2H3. The zero-order chi connectivity index (χ0) is 17.4. The lowest BCUT2D eigenvalue weighted by molar-refractivity contribution is 0.0474. The van der Waals surface area contributed by atoms with Crippen LogP contribution in [0.3, 0.4) is 0 Å². The molecule has 3 rings (SSSR count). The highest BCUT2D eigenvalue weighted by molar-refractivity contribution is 6.33. The summed E-state index contributed by atoms with van der Waals surface area (Å²) in [5.41, 5.74) is 8.85. The second-order valence-corrected chi connectivity index (χ2v) is 6.53. The maximum absolute atomic E-state index is 12.4. The van der Waals surface area contributed by atoms with Crippen LogP contribution in [0.4, 0.5) is 5.69 Å². The van der Waals surface area contributed by atoms with Gasteiger partial charge in [-0.1, -0.05) is 11.6 Å². The predicted molar refractivity (Wildman–Crippen MR) is 92.7 cm³/mol. The van der Waals surface area contributed by atoms with Gasteiger partial charge in [-0.25, -0.2) is 4.79 Å². The number of Topliss-reactive ketones (excluding diaryl/α,β-unsaturated/α-hetero) is 1. The minimum atomic E-state index is -0.595. The van der Waals surface area contributed by atoms with Crippen molar-refractivity contribution in [3.63, 3.8) is 0 Å². The number of carbonyl (C=O) groups excluding carboxylic acids is 2. The summed E-state index contributed by atoms with van der Waals surface area (Å²) in [7, 11) is 0. The number of nitrogens with two attached hydrogens (primary N) is 1. The lowest BCUT2D eigenvalue weighted by atomic mass is 10.1. The van der Waals surface area contributed by atoms with E-state index in [2.05, 4.69) is 4.57 Å². The van der Waals surface area contributed by atoms with Crippen LogP contribution in [0.2, 0.25) is 5.02 Å². The first kappa shape index (κ1) is 16.6. The second-order valence-electron chi connectivity index (χ2n) is 6.12. The van der Waals surface area contributed by atoms with Crippen molar-refractivity contribution in [3.8, 4) is 0 Å². The van der Waals surface area contributed by atoms with Crippen LogP contribution in [0.5, 0.6) is 0 Å². The fourth-order valence-electron chi connectivity index (χ4n) is 2.92. The smallest absolute Gasteiger partial charge is 0.338 e. The Bertz CT molecular complexity index is 822. The minimum Gasteiger partial charge on any atom is -0.454 e. The maximum atomic E-state index is 12.4. The fourth-order valence-corrected chi connectivity index (χ4v) is 3.03. The molecule has 1 aliphatic rings. The van der Waals surface area contributed by atoms with E-state index in [1.54, 1.807) is 0 Å². The van der Waals surface area contributed by atoms with Gasteiger partial charge < -0.3 is 15.0 Å². The van der Waals surface area contributed by atoms with Gasteiger partial charge in [-0.05, 0) is 51.0 Å². The van der Waals surface area contributed by atoms with Crippen LogP contribution in [0.15, 0.2) is 24.3 Å². The summed E-state index contributed by atoms with van der Waals surface area (Å²) in [5, 5.41) is 0.371. The summed E-state index contributed by atoms with van der Waals surface area (Å²) in [6.07, 6.45) is 2.30. The van der Waals surface area contributed by atoms with Crippen molar-refractivity contribution in [3.05, 3.63) is 51.8 Å². The normalized spacial score (nSPS) is 13.8. The molecule has 6 heteroatoms. The van der Waals surface area contributed by atoms with Crippen LogP contribution in [0, 0.1) is 13.8 Å². The highest BCUT2D eigenvalue weighted by Crippen LogP contribution is 2.38. The number of ketones is 1. The molecule has 2 N–H and O–H groups in total. The summed E-state index contributed by atoms with van der Waals surface area (Å²) in [6, 6.07) is 6.85. The molecule has 0 radical (unpaired) electrons. The van der Waals surface area contributed by atoms with Gasteiger partial charge in [-0.3, -0.25) is 4.79 Å². The number of ether oxygens (including phenoxy) is 1. The van der Waals surface area contributed by atoms with E-state index in [0.29, 0.717) is 22.3 Å². The number of nitrogens with zero attached hydrogens (tertiary/aromatic N) is 1. The predicted octanol–water partition coefficient (Wildman–Crippen LogP) is 3.72. The number of halogens is 1. The van der Waals surface area contributed by atoms with Crippen LogP contribution < -0.4 is 5.73 Å². The molecule has 0 atom stereocenters. The number of nitrogen functional groups attached to an aromatic ring is 1. The molecular formula is C18H19ClN2O3. The van der Waals surface area contributed by atoms with Crippen molar-refractivity contribution >= 4 is 29.0 Å². The number of esters is 1. The van der Waals surface area contributed by atoms with E-state index in [1.165, 1.54) is 18.2 Å². The molecule has 5 nitrogen and oxygen atoms in total. The molecule has 0 bridgehead atoms. The molecule has 0 aliphatic heterocycles. The molecule has 1 aromatic heterocycles. The van der Waals surface area contributed by atoms with Crippen LogP contribution in [0.25, 0.3) is 0 Å². The SMILES string of the molecule is Cc1cc(C(=O)COC(=O)c2ccc(Cl)c(N)c2)c(C)n1C1CC1. The molecule has 1 saturated carbocycles. The number of aryl methyl sites for hydroxylation is 1. The molecule has 126 valence electrons. The van der Waals surface area contributed by atoms with Crippen LogP contribution >= 0.6 is 11.6 Å². The first-order valence-electron chi connectivity index (χ1n) is 7.82. The number of hydrogen-bond acceptors (Lipinski definition) is 4. The van der Waals surface area contributed by atoms with E-state index < -0.39 is 5.97 Å². The monoisotopic (exact) mass is 346 g/mol. The summed E-state index contributed by atoms with van der Waals surface area (Å²) < 4.78 is 7.31. The summed E-state index contributed by atoms with van der Waals surface area (Å²) >= 11 is 5.82. The van der Waals surface area contributed by atoms with Crippen molar-refractivity contribution in [2.24, 2.45) is 0 Å². The van der Waals surface area contributed by atoms with Gasteiger partial charge in [0.05, 0.1) is 16.3 Å². The molecule has 0 amide bonds. The van der Waals surface area contributed by atoms with E-state index in [9.17, 15) is 9.59 Å². The van der Waals surface area contributed by atoms with E-state index in [1.807, 2.05) is 19.9 Å². The number of aromatic nitrogens is 1. The molecule has 0 spiro atoms. The van der Waals surface area contributed by atoms with Gasteiger partial charge in [-0.15, -0.1) is 0 Å². The Morgan fingerprint density at radius 2 is 2.00 bits per heavy atom. The number of benzene rings is 1. The van der Waals surface area contributed by atoms with E-state index in [0.717, 1.165) is 24.2 Å². The van der Waals surface area contributed by atoms with Gasteiger partial charge in [0, 0.05) is 23.0 Å². The number of carbonyl (C=O) groups is 2. The third kappa shape index (κ3) is 3.17. The molecule has 1 heterocycles. The Balaban J connectivity index is 1.68. The van der Waals surface area contributed by atoms with E-state index >= 15 is 0 Å². The molecule has 1 aromatic carbocycles. The highest BCUT2D eigenvalue weighted by atomic mass is 35.5. The molecule has 1 fully saturated rings. The van der Waals surface area contributed by atoms with Gasteiger partial charge in [-0.2, -0.15) is 0 Å². The topological polar surface area (TPSA) is 74.3 Å². The average molecular weight is 347 g/mol. The van der Waals surface area contributed by atoms with Crippen molar-refractivity contribution in [2.75, 3.05) is 12.3 Å². The van der Waals surface area contributed by atoms with E-state index in [-0.39, 0.29) is 18.0 Å². The van der Waals surface area contributed by atoms with Crippen LogP contribution in [-0.2, 0) is 4.74 Å². The van der Waals surface area contributed by atoms with E-state index in [4.69, 9.17) is 22.1 Å². The Morgan fingerprint density at radius 3 is 2.62 bits per heavy atom. The average Bonchev–Trinajstić information content (AvgIpc) is 3.32. The second kappa shape index (κ2) is 6.32. The first-order valence-corrected chi connectivity index (χ1v) is 8.20. The van der Waals surface area contributed by atoms with Crippen molar-refractivity contribution in [2.45, 2.75) is 32.7 Å². The highest BCUT2D eigenvalue weighted by Gasteiger charge is 2.28. The first-order chi connectivity index (χ1) is 11.4. The Kier molecular flexibility index (Phi) is 4.37. The Labute approximate surface area is 145 Å². The quantitative estimate of drug-likeness (QED) is 0.508. The lowest BCUT2D eigenvalue weighted by Gasteiger charge is -2.08. The van der Waals surface area contributed by atoms with Gasteiger partial charge >= 0.3 is 5.97 Å². The summed E-state index contributed by atoms with van der Waals surface area (Å²) in [4.78, 5) is 24.4.